The number of rotatable bonds is 11. The fourth-order valence-corrected chi connectivity index (χ4v) is 8.34. The Morgan fingerprint density at radius 2 is 1.62 bits per heavy atom. The highest BCUT2D eigenvalue weighted by Crippen LogP contribution is 2.52. The first-order chi connectivity index (χ1) is 16.4. The Bertz CT molecular complexity index is 641. The second-order valence-electron chi connectivity index (χ2n) is 12.7. The molecule has 4 rings (SSSR count). The molecule has 2 N–H and O–H groups in total. The summed E-state index contributed by atoms with van der Waals surface area (Å²) < 4.78 is 5.52. The van der Waals surface area contributed by atoms with E-state index >= 15 is 0 Å². The maximum atomic E-state index is 5.52. The molecular weight excluding hydrogens is 418 g/mol. The number of piperidine rings is 1. The molecule has 0 aromatic heterocycles. The number of hydrazine groups is 1. The lowest BCUT2D eigenvalue weighted by molar-refractivity contribution is 0.00287. The summed E-state index contributed by atoms with van der Waals surface area (Å²) in [4.78, 5) is 2.89. The van der Waals surface area contributed by atoms with Crippen LogP contribution in [0.5, 0.6) is 0 Å². The van der Waals surface area contributed by atoms with E-state index in [1.165, 1.54) is 77.3 Å². The molecule has 8 atom stereocenters. The van der Waals surface area contributed by atoms with Crippen molar-refractivity contribution in [1.82, 2.24) is 15.8 Å². The minimum atomic E-state index is 0.436. The summed E-state index contributed by atoms with van der Waals surface area (Å²) in [5.41, 5.74) is 6.82. The zero-order chi connectivity index (χ0) is 24.2. The average Bonchev–Trinajstić information content (AvgIpc) is 3.61. The van der Waals surface area contributed by atoms with Gasteiger partial charge >= 0.3 is 0 Å². The van der Waals surface area contributed by atoms with Crippen LogP contribution in [0.4, 0.5) is 0 Å². The Balaban J connectivity index is 1.36. The van der Waals surface area contributed by atoms with E-state index in [0.29, 0.717) is 18.5 Å². The molecule has 0 radical (unpaired) electrons. The highest BCUT2D eigenvalue weighted by atomic mass is 16.5. The van der Waals surface area contributed by atoms with Crippen LogP contribution in [-0.2, 0) is 4.74 Å². The van der Waals surface area contributed by atoms with Crippen molar-refractivity contribution in [2.75, 3.05) is 19.7 Å². The van der Waals surface area contributed by atoms with Crippen LogP contribution in [0.1, 0.15) is 98.8 Å². The fourth-order valence-electron chi connectivity index (χ4n) is 8.34. The zero-order valence-electron chi connectivity index (χ0n) is 23.0. The molecular formula is C30H55N3O. The maximum absolute atomic E-state index is 5.52. The molecule has 0 spiro atoms. The predicted octanol–water partition coefficient (Wildman–Crippen LogP) is 6.59. The Labute approximate surface area is 211 Å². The summed E-state index contributed by atoms with van der Waals surface area (Å²) in [5.74, 6) is 7.96. The minimum Gasteiger partial charge on any atom is -0.479 e. The standard InChI is InChI=1S/C30H55N3O/c1-7-24-18-30(26-11-12-26)28(21(4)31-32-23(6)34-8-2)19-29(24)22(5)33-15-13-25(14-16-33)27-10-9-20(3)17-27/h20-22,24-32H,6-19H2,1-5H3. The van der Waals surface area contributed by atoms with Crippen molar-refractivity contribution in [3.8, 4) is 0 Å². The van der Waals surface area contributed by atoms with Crippen LogP contribution < -0.4 is 10.9 Å². The van der Waals surface area contributed by atoms with Crippen molar-refractivity contribution in [3.05, 3.63) is 12.5 Å². The predicted molar refractivity (Wildman–Crippen MR) is 143 cm³/mol. The van der Waals surface area contributed by atoms with Crippen molar-refractivity contribution in [2.24, 2.45) is 47.3 Å². The van der Waals surface area contributed by atoms with Crippen LogP contribution in [0.25, 0.3) is 0 Å². The van der Waals surface area contributed by atoms with E-state index < -0.39 is 0 Å². The van der Waals surface area contributed by atoms with Gasteiger partial charge in [0, 0.05) is 12.1 Å². The molecule has 4 heteroatoms. The van der Waals surface area contributed by atoms with Gasteiger partial charge in [-0.05, 0) is 139 Å². The number of hydrogen-bond donors (Lipinski definition) is 2. The zero-order valence-corrected chi connectivity index (χ0v) is 23.0. The first-order valence-electron chi connectivity index (χ1n) is 15.0. The average molecular weight is 474 g/mol. The van der Waals surface area contributed by atoms with Gasteiger partial charge in [-0.15, -0.1) is 0 Å². The molecule has 4 fully saturated rings. The molecule has 3 aliphatic carbocycles. The van der Waals surface area contributed by atoms with Crippen LogP contribution in [0, 0.1) is 47.3 Å². The molecule has 1 heterocycles. The van der Waals surface area contributed by atoms with Crippen LogP contribution >= 0.6 is 0 Å². The topological polar surface area (TPSA) is 36.5 Å². The van der Waals surface area contributed by atoms with Crippen molar-refractivity contribution in [3.63, 3.8) is 0 Å². The summed E-state index contributed by atoms with van der Waals surface area (Å²) in [6.45, 7) is 19.2. The number of hydrogen-bond acceptors (Lipinski definition) is 4. The number of nitrogens with one attached hydrogen (secondary N) is 2. The molecule has 0 amide bonds. The van der Waals surface area contributed by atoms with Gasteiger partial charge in [-0.25, -0.2) is 5.43 Å². The minimum absolute atomic E-state index is 0.436. The van der Waals surface area contributed by atoms with Gasteiger partial charge in [-0.3, -0.25) is 5.43 Å². The van der Waals surface area contributed by atoms with Crippen molar-refractivity contribution >= 4 is 0 Å². The Morgan fingerprint density at radius 3 is 2.21 bits per heavy atom. The third-order valence-electron chi connectivity index (χ3n) is 10.6. The van der Waals surface area contributed by atoms with Gasteiger partial charge in [0.25, 0.3) is 0 Å². The summed E-state index contributed by atoms with van der Waals surface area (Å²) in [6.07, 6.45) is 14.4. The molecule has 1 aliphatic heterocycles. The van der Waals surface area contributed by atoms with Gasteiger partial charge in [-0.2, -0.15) is 0 Å². The molecule has 8 unspecified atom stereocenters. The highest BCUT2D eigenvalue weighted by Gasteiger charge is 2.47. The van der Waals surface area contributed by atoms with Gasteiger partial charge in [0.15, 0.2) is 5.88 Å². The van der Waals surface area contributed by atoms with E-state index in [-0.39, 0.29) is 0 Å². The smallest absolute Gasteiger partial charge is 0.193 e. The molecule has 34 heavy (non-hydrogen) atoms. The molecule has 1 saturated heterocycles. The van der Waals surface area contributed by atoms with E-state index in [0.717, 1.165) is 53.4 Å². The summed E-state index contributed by atoms with van der Waals surface area (Å²) in [5, 5.41) is 0. The van der Waals surface area contributed by atoms with Crippen molar-refractivity contribution in [1.29, 1.82) is 0 Å². The Kier molecular flexibility index (Phi) is 9.29. The lowest BCUT2D eigenvalue weighted by atomic mass is 9.62. The summed E-state index contributed by atoms with van der Waals surface area (Å²) in [7, 11) is 0. The molecule has 0 aromatic rings. The maximum Gasteiger partial charge on any atom is 0.193 e. The summed E-state index contributed by atoms with van der Waals surface area (Å²) >= 11 is 0. The second-order valence-corrected chi connectivity index (χ2v) is 12.7. The van der Waals surface area contributed by atoms with E-state index in [2.05, 4.69) is 50.0 Å². The Hall–Kier alpha value is -0.740. The highest BCUT2D eigenvalue weighted by molar-refractivity contribution is 4.99. The van der Waals surface area contributed by atoms with Crippen LogP contribution in [0.3, 0.4) is 0 Å². The second kappa shape index (κ2) is 12.0. The number of likely N-dealkylation sites (tertiary alicyclic amines) is 1. The van der Waals surface area contributed by atoms with Gasteiger partial charge in [0.1, 0.15) is 0 Å². The molecule has 0 aromatic carbocycles. The van der Waals surface area contributed by atoms with E-state index in [1.807, 2.05) is 6.92 Å². The lowest BCUT2D eigenvalue weighted by Gasteiger charge is -2.49. The van der Waals surface area contributed by atoms with E-state index in [4.69, 9.17) is 4.74 Å². The molecule has 3 saturated carbocycles. The molecule has 0 bridgehead atoms. The summed E-state index contributed by atoms with van der Waals surface area (Å²) in [6, 6.07) is 1.15. The van der Waals surface area contributed by atoms with Crippen LogP contribution in [0.15, 0.2) is 12.5 Å². The fraction of sp³-hybridized carbons (Fsp3) is 0.933. The van der Waals surface area contributed by atoms with Gasteiger partial charge in [0.2, 0.25) is 0 Å². The SMILES string of the molecule is C=C(NNC(C)C1CC(C(C)N2CCC(C3CCC(C)C3)CC2)C(CC)CC1C1CC1)OCC. The van der Waals surface area contributed by atoms with Gasteiger partial charge < -0.3 is 9.64 Å². The molecule has 196 valence electrons. The quantitative estimate of drug-likeness (QED) is 0.262. The normalized spacial score (nSPS) is 37.3. The van der Waals surface area contributed by atoms with Crippen LogP contribution in [0.2, 0.25) is 0 Å². The lowest BCUT2D eigenvalue weighted by Crippen LogP contribution is -2.52. The number of ether oxygens (including phenoxy) is 1. The first-order valence-corrected chi connectivity index (χ1v) is 15.0. The molecule has 4 aliphatic rings. The molecule has 4 nitrogen and oxygen atoms in total. The Morgan fingerprint density at radius 1 is 0.912 bits per heavy atom. The van der Waals surface area contributed by atoms with Crippen molar-refractivity contribution < 1.29 is 4.74 Å². The monoisotopic (exact) mass is 473 g/mol. The number of nitrogens with zero attached hydrogens (tertiary/aromatic N) is 1. The largest absolute Gasteiger partial charge is 0.479 e. The van der Waals surface area contributed by atoms with Crippen LogP contribution in [-0.4, -0.2) is 36.7 Å². The third kappa shape index (κ3) is 6.33. The van der Waals surface area contributed by atoms with Crippen molar-refractivity contribution in [2.45, 2.75) is 111 Å². The van der Waals surface area contributed by atoms with E-state index in [1.54, 1.807) is 0 Å². The third-order valence-corrected chi connectivity index (χ3v) is 10.6. The van der Waals surface area contributed by atoms with E-state index in [9.17, 15) is 0 Å². The van der Waals surface area contributed by atoms with Gasteiger partial charge in [-0.1, -0.05) is 26.7 Å². The first kappa shape index (κ1) is 26.3. The van der Waals surface area contributed by atoms with Gasteiger partial charge in [0.05, 0.1) is 6.61 Å².